The molecule has 1 saturated carbocycles. The molecule has 0 aromatic heterocycles. The van der Waals surface area contributed by atoms with E-state index in [0.717, 1.165) is 48.2 Å². The van der Waals surface area contributed by atoms with Crippen LogP contribution in [0.15, 0.2) is 48.5 Å². The molecule has 2 aromatic carbocycles. The van der Waals surface area contributed by atoms with Crippen LogP contribution in [0.3, 0.4) is 0 Å². The van der Waals surface area contributed by atoms with E-state index in [1.165, 1.54) is 4.90 Å². The Bertz CT molecular complexity index is 1170. The molecule has 0 heterocycles. The Morgan fingerprint density at radius 2 is 1.66 bits per heavy atom. The summed E-state index contributed by atoms with van der Waals surface area (Å²) >= 11 is 6.05. The van der Waals surface area contributed by atoms with Crippen LogP contribution in [0.2, 0.25) is 5.02 Å². The van der Waals surface area contributed by atoms with Gasteiger partial charge in [0.15, 0.2) is 0 Å². The van der Waals surface area contributed by atoms with E-state index in [1.54, 1.807) is 48.5 Å². The molecule has 1 N–H and O–H groups in total. The lowest BCUT2D eigenvalue weighted by molar-refractivity contribution is -0.140. The average molecular weight is 564 g/mol. The zero-order valence-corrected chi connectivity index (χ0v) is 23.9. The molecule has 1 aliphatic rings. The van der Waals surface area contributed by atoms with Crippen molar-refractivity contribution in [1.29, 1.82) is 0 Å². The third kappa shape index (κ3) is 8.36. The molecule has 0 bridgehead atoms. The van der Waals surface area contributed by atoms with Crippen molar-refractivity contribution in [3.8, 4) is 5.75 Å². The van der Waals surface area contributed by atoms with Crippen LogP contribution in [0, 0.1) is 0 Å². The van der Waals surface area contributed by atoms with Crippen molar-refractivity contribution in [2.24, 2.45) is 0 Å². The molecule has 3 rings (SSSR count). The number of ether oxygens (including phenoxy) is 1. The lowest BCUT2D eigenvalue weighted by Gasteiger charge is -2.34. The normalized spacial score (nSPS) is 14.9. The third-order valence-electron chi connectivity index (χ3n) is 6.72. The van der Waals surface area contributed by atoms with E-state index in [0.29, 0.717) is 29.5 Å². The van der Waals surface area contributed by atoms with E-state index in [-0.39, 0.29) is 18.5 Å². The fourth-order valence-electron chi connectivity index (χ4n) is 4.74. The summed E-state index contributed by atoms with van der Waals surface area (Å²) in [6, 6.07) is 12.9. The number of nitrogens with zero attached hydrogens (tertiary/aromatic N) is 2. The molecule has 2 amide bonds. The van der Waals surface area contributed by atoms with Crippen molar-refractivity contribution in [3.05, 3.63) is 59.1 Å². The molecule has 8 nitrogen and oxygen atoms in total. The van der Waals surface area contributed by atoms with Gasteiger partial charge >= 0.3 is 0 Å². The number of nitrogens with one attached hydrogen (secondary N) is 1. The van der Waals surface area contributed by atoms with E-state index in [1.807, 2.05) is 13.8 Å². The second-order valence-electron chi connectivity index (χ2n) is 9.61. The predicted octanol–water partition coefficient (Wildman–Crippen LogP) is 4.76. The van der Waals surface area contributed by atoms with Crippen molar-refractivity contribution in [2.75, 3.05) is 23.7 Å². The minimum atomic E-state index is -3.80. The zero-order valence-electron chi connectivity index (χ0n) is 22.4. The molecule has 1 aliphatic carbocycles. The maximum absolute atomic E-state index is 13.8. The minimum Gasteiger partial charge on any atom is -0.494 e. The Kier molecular flexibility index (Phi) is 10.8. The number of halogens is 1. The maximum atomic E-state index is 13.8. The number of hydrogen-bond acceptors (Lipinski definition) is 5. The quantitative estimate of drug-likeness (QED) is 0.401. The Balaban J connectivity index is 1.89. The number of hydrogen-bond donors (Lipinski definition) is 1. The Morgan fingerprint density at radius 1 is 1.03 bits per heavy atom. The van der Waals surface area contributed by atoms with Gasteiger partial charge in [0.05, 0.1) is 18.6 Å². The summed E-state index contributed by atoms with van der Waals surface area (Å²) in [6.07, 6.45) is 6.60. The Hall–Kier alpha value is -2.78. The van der Waals surface area contributed by atoms with Crippen LogP contribution >= 0.6 is 11.6 Å². The molecule has 0 unspecified atom stereocenters. The lowest BCUT2D eigenvalue weighted by Crippen LogP contribution is -2.53. The summed E-state index contributed by atoms with van der Waals surface area (Å²) in [7, 11) is -3.80. The molecule has 38 heavy (non-hydrogen) atoms. The van der Waals surface area contributed by atoms with Gasteiger partial charge in [-0.1, -0.05) is 49.9 Å². The predicted molar refractivity (Wildman–Crippen MR) is 151 cm³/mol. The first kappa shape index (κ1) is 29.8. The van der Waals surface area contributed by atoms with E-state index < -0.39 is 28.5 Å². The number of anilines is 1. The van der Waals surface area contributed by atoms with Gasteiger partial charge in [-0.2, -0.15) is 0 Å². The standard InChI is InChI=1S/C28H38ClN3O5S/c1-4-26(28(34)30-23-9-7-6-8-10-23)31(19-21-11-13-22(29)14-12-21)27(33)20-32(38(3,35)36)24-15-17-25(18-16-24)37-5-2/h11-18,23,26H,4-10,19-20H2,1-3H3,(H,30,34)/t26-/m0/s1. The number of carbonyl (C=O) groups is 2. The molecule has 1 atom stereocenters. The van der Waals surface area contributed by atoms with Crippen molar-refractivity contribution < 1.29 is 22.7 Å². The SMILES string of the molecule is CCOc1ccc(N(CC(=O)N(Cc2ccc(Cl)cc2)[C@@H](CC)C(=O)NC2CCCCC2)S(C)(=O)=O)cc1. The Labute approximate surface area is 231 Å². The monoisotopic (exact) mass is 563 g/mol. The first-order chi connectivity index (χ1) is 18.1. The van der Waals surface area contributed by atoms with Gasteiger partial charge < -0.3 is 15.0 Å². The first-order valence-electron chi connectivity index (χ1n) is 13.2. The molecule has 10 heteroatoms. The summed E-state index contributed by atoms with van der Waals surface area (Å²) in [5.41, 5.74) is 1.13. The number of benzene rings is 2. The van der Waals surface area contributed by atoms with E-state index in [2.05, 4.69) is 5.32 Å². The highest BCUT2D eigenvalue weighted by atomic mass is 35.5. The smallest absolute Gasteiger partial charge is 0.244 e. The molecule has 2 aromatic rings. The molecule has 0 spiro atoms. The van der Waals surface area contributed by atoms with Gasteiger partial charge in [-0.05, 0) is 68.1 Å². The summed E-state index contributed by atoms with van der Waals surface area (Å²) < 4.78 is 32.0. The second-order valence-corrected chi connectivity index (χ2v) is 12.0. The van der Waals surface area contributed by atoms with Crippen LogP contribution in [0.25, 0.3) is 0 Å². The van der Waals surface area contributed by atoms with Gasteiger partial charge in [-0.3, -0.25) is 13.9 Å². The van der Waals surface area contributed by atoms with Crippen molar-refractivity contribution in [3.63, 3.8) is 0 Å². The van der Waals surface area contributed by atoms with Crippen LogP contribution in [0.1, 0.15) is 57.9 Å². The van der Waals surface area contributed by atoms with Crippen LogP contribution in [-0.4, -0.2) is 56.6 Å². The van der Waals surface area contributed by atoms with Gasteiger partial charge in [-0.15, -0.1) is 0 Å². The van der Waals surface area contributed by atoms with Gasteiger partial charge in [0, 0.05) is 17.6 Å². The summed E-state index contributed by atoms with van der Waals surface area (Å²) in [4.78, 5) is 28.7. The topological polar surface area (TPSA) is 96.0 Å². The second kappa shape index (κ2) is 13.8. The Morgan fingerprint density at radius 3 is 2.21 bits per heavy atom. The average Bonchev–Trinajstić information content (AvgIpc) is 2.89. The first-order valence-corrected chi connectivity index (χ1v) is 15.4. The van der Waals surface area contributed by atoms with E-state index in [4.69, 9.17) is 16.3 Å². The van der Waals surface area contributed by atoms with E-state index >= 15 is 0 Å². The van der Waals surface area contributed by atoms with E-state index in [9.17, 15) is 18.0 Å². The molecular weight excluding hydrogens is 526 g/mol. The highest BCUT2D eigenvalue weighted by Crippen LogP contribution is 2.24. The number of carbonyl (C=O) groups excluding carboxylic acids is 2. The fourth-order valence-corrected chi connectivity index (χ4v) is 5.71. The van der Waals surface area contributed by atoms with Gasteiger partial charge in [0.25, 0.3) is 0 Å². The summed E-state index contributed by atoms with van der Waals surface area (Å²) in [5, 5.41) is 3.70. The molecule has 0 saturated heterocycles. The van der Waals surface area contributed by atoms with Crippen molar-refractivity contribution >= 4 is 39.1 Å². The van der Waals surface area contributed by atoms with Crippen LogP contribution in [-0.2, 0) is 26.2 Å². The van der Waals surface area contributed by atoms with Gasteiger partial charge in [-0.25, -0.2) is 8.42 Å². The van der Waals surface area contributed by atoms with Gasteiger partial charge in [0.1, 0.15) is 18.3 Å². The lowest BCUT2D eigenvalue weighted by atomic mass is 9.95. The molecule has 208 valence electrons. The van der Waals surface area contributed by atoms with Crippen LogP contribution in [0.4, 0.5) is 5.69 Å². The largest absolute Gasteiger partial charge is 0.494 e. The highest BCUT2D eigenvalue weighted by Gasteiger charge is 2.32. The van der Waals surface area contributed by atoms with Crippen LogP contribution < -0.4 is 14.4 Å². The molecular formula is C28H38ClN3O5S. The van der Waals surface area contributed by atoms with Crippen LogP contribution in [0.5, 0.6) is 5.75 Å². The molecule has 0 aliphatic heterocycles. The maximum Gasteiger partial charge on any atom is 0.244 e. The van der Waals surface area contributed by atoms with Crippen molar-refractivity contribution in [1.82, 2.24) is 10.2 Å². The zero-order chi connectivity index (χ0) is 27.7. The molecule has 0 radical (unpaired) electrons. The fraction of sp³-hybridized carbons (Fsp3) is 0.500. The summed E-state index contributed by atoms with van der Waals surface area (Å²) in [5.74, 6) is -0.0792. The molecule has 1 fully saturated rings. The number of amides is 2. The van der Waals surface area contributed by atoms with Gasteiger partial charge in [0.2, 0.25) is 21.8 Å². The highest BCUT2D eigenvalue weighted by molar-refractivity contribution is 7.92. The third-order valence-corrected chi connectivity index (χ3v) is 8.11. The number of sulfonamides is 1. The summed E-state index contributed by atoms with van der Waals surface area (Å²) in [6.45, 7) is 3.91. The minimum absolute atomic E-state index is 0.0918. The number of rotatable bonds is 12. The van der Waals surface area contributed by atoms with Crippen molar-refractivity contribution in [2.45, 2.75) is 71.0 Å².